The summed E-state index contributed by atoms with van der Waals surface area (Å²) in [6.07, 6.45) is 3.09. The monoisotopic (exact) mass is 467 g/mol. The minimum atomic E-state index is -0.574. The van der Waals surface area contributed by atoms with E-state index in [0.29, 0.717) is 23.3 Å². The second kappa shape index (κ2) is 8.69. The highest BCUT2D eigenvalue weighted by molar-refractivity contribution is 6.04. The summed E-state index contributed by atoms with van der Waals surface area (Å²) in [5, 5.41) is 8.33. The van der Waals surface area contributed by atoms with Crippen LogP contribution in [0.1, 0.15) is 45.1 Å². The molecule has 0 saturated carbocycles. The summed E-state index contributed by atoms with van der Waals surface area (Å²) in [7, 11) is 1.38. The van der Waals surface area contributed by atoms with Crippen LogP contribution < -0.4 is 5.32 Å². The van der Waals surface area contributed by atoms with Gasteiger partial charge in [-0.3, -0.25) is 4.79 Å². The van der Waals surface area contributed by atoms with E-state index in [2.05, 4.69) is 19.2 Å². The first kappa shape index (κ1) is 22.8. The average molecular weight is 468 g/mol. The maximum atomic E-state index is 13.6. The Balaban J connectivity index is 1.78. The average Bonchev–Trinajstić information content (AvgIpc) is 3.28. The second-order valence-electron chi connectivity index (χ2n) is 10.0. The number of dihydropyridines is 1. The number of rotatable bonds is 4. The van der Waals surface area contributed by atoms with Gasteiger partial charge < -0.3 is 10.1 Å². The Morgan fingerprint density at radius 1 is 1.06 bits per heavy atom. The molecule has 0 bridgehead atoms. The van der Waals surface area contributed by atoms with Gasteiger partial charge in [-0.2, -0.15) is 5.10 Å². The smallest absolute Gasteiger partial charge is 0.336 e. The zero-order chi connectivity index (χ0) is 24.7. The number of nitrogens with zero attached hydrogens (tertiary/aromatic N) is 2. The lowest BCUT2D eigenvalue weighted by Gasteiger charge is -2.39. The summed E-state index contributed by atoms with van der Waals surface area (Å²) in [6, 6.07) is 19.7. The van der Waals surface area contributed by atoms with Gasteiger partial charge in [-0.25, -0.2) is 9.48 Å². The summed E-state index contributed by atoms with van der Waals surface area (Å²) in [5.41, 5.74) is 5.88. The Labute approximate surface area is 205 Å². The van der Waals surface area contributed by atoms with E-state index in [1.165, 1.54) is 7.11 Å². The number of ketones is 1. The zero-order valence-corrected chi connectivity index (χ0v) is 20.5. The minimum absolute atomic E-state index is 0.0501. The molecule has 1 aliphatic heterocycles. The summed E-state index contributed by atoms with van der Waals surface area (Å²) in [6.45, 7) is 6.07. The van der Waals surface area contributed by atoms with Gasteiger partial charge in [0.15, 0.2) is 5.78 Å². The quantitative estimate of drug-likeness (QED) is 0.526. The summed E-state index contributed by atoms with van der Waals surface area (Å²) < 4.78 is 7.03. The number of nitrogens with one attached hydrogen (secondary N) is 1. The van der Waals surface area contributed by atoms with Gasteiger partial charge in [-0.15, -0.1) is 0 Å². The van der Waals surface area contributed by atoms with Crippen LogP contribution in [-0.2, 0) is 14.3 Å². The first-order valence-electron chi connectivity index (χ1n) is 11.8. The number of allylic oxidation sites excluding steroid dienone is 3. The van der Waals surface area contributed by atoms with Crippen molar-refractivity contribution in [2.75, 3.05) is 7.11 Å². The molecular weight excluding hydrogens is 438 g/mol. The van der Waals surface area contributed by atoms with E-state index in [-0.39, 0.29) is 11.2 Å². The Kier molecular flexibility index (Phi) is 5.67. The molecule has 178 valence electrons. The van der Waals surface area contributed by atoms with Gasteiger partial charge in [0.1, 0.15) is 0 Å². The highest BCUT2D eigenvalue weighted by atomic mass is 16.5. The summed E-state index contributed by atoms with van der Waals surface area (Å²) >= 11 is 0. The third-order valence-electron chi connectivity index (χ3n) is 6.77. The predicted molar refractivity (Wildman–Crippen MR) is 135 cm³/mol. The first-order chi connectivity index (χ1) is 16.8. The van der Waals surface area contributed by atoms with Crippen molar-refractivity contribution in [1.29, 1.82) is 0 Å². The van der Waals surface area contributed by atoms with E-state index in [1.807, 2.05) is 78.5 Å². The van der Waals surface area contributed by atoms with Gasteiger partial charge in [-0.05, 0) is 30.9 Å². The predicted octanol–water partition coefficient (Wildman–Crippen LogP) is 5.32. The lowest BCUT2D eigenvalue weighted by Crippen LogP contribution is -2.38. The van der Waals surface area contributed by atoms with Crippen LogP contribution >= 0.6 is 0 Å². The molecule has 0 saturated heterocycles. The molecule has 35 heavy (non-hydrogen) atoms. The van der Waals surface area contributed by atoms with Gasteiger partial charge in [0.05, 0.1) is 30.0 Å². The van der Waals surface area contributed by atoms with Crippen LogP contribution in [0.4, 0.5) is 0 Å². The molecule has 1 N–H and O–H groups in total. The number of ether oxygens (including phenoxy) is 1. The Hall–Kier alpha value is -3.93. The largest absolute Gasteiger partial charge is 0.466 e. The van der Waals surface area contributed by atoms with Crippen molar-refractivity contribution >= 4 is 11.8 Å². The number of aromatic nitrogens is 2. The maximum absolute atomic E-state index is 13.6. The minimum Gasteiger partial charge on any atom is -0.466 e. The third-order valence-corrected chi connectivity index (χ3v) is 6.77. The van der Waals surface area contributed by atoms with Crippen molar-refractivity contribution in [2.45, 2.75) is 39.5 Å². The molecule has 6 heteroatoms. The van der Waals surface area contributed by atoms with Crippen LogP contribution in [0.15, 0.2) is 89.4 Å². The van der Waals surface area contributed by atoms with Gasteiger partial charge in [0.2, 0.25) is 0 Å². The van der Waals surface area contributed by atoms with Crippen LogP contribution in [0.5, 0.6) is 0 Å². The molecule has 3 aromatic rings. The third kappa shape index (κ3) is 4.09. The standard InChI is InChI=1S/C29H29N3O3/c1-18-24(28(34)35-4)25(26-22(30-18)15-29(2,3)16-23(26)33)21-17-32(20-13-9-6-10-14-20)31-27(21)19-11-7-5-8-12-19/h5-14,17,25,30H,15-16H2,1-4H3. The van der Waals surface area contributed by atoms with E-state index in [0.717, 1.165) is 34.6 Å². The van der Waals surface area contributed by atoms with Gasteiger partial charge in [-0.1, -0.05) is 62.4 Å². The van der Waals surface area contributed by atoms with E-state index in [4.69, 9.17) is 9.84 Å². The van der Waals surface area contributed by atoms with Gasteiger partial charge >= 0.3 is 5.97 Å². The topological polar surface area (TPSA) is 73.2 Å². The maximum Gasteiger partial charge on any atom is 0.336 e. The van der Waals surface area contributed by atoms with Crippen molar-refractivity contribution in [3.63, 3.8) is 0 Å². The van der Waals surface area contributed by atoms with E-state index < -0.39 is 11.9 Å². The highest BCUT2D eigenvalue weighted by Crippen LogP contribution is 2.48. The van der Waals surface area contributed by atoms with Crippen molar-refractivity contribution in [3.8, 4) is 16.9 Å². The van der Waals surface area contributed by atoms with Crippen molar-refractivity contribution < 1.29 is 14.3 Å². The number of esters is 1. The number of carbonyl (C=O) groups excluding carboxylic acids is 2. The molecule has 1 unspecified atom stereocenters. The fraction of sp³-hybridized carbons (Fsp3) is 0.276. The van der Waals surface area contributed by atoms with Crippen LogP contribution in [0.3, 0.4) is 0 Å². The number of Topliss-reactive ketones (excluding diaryl/α,β-unsaturated/α-hetero) is 1. The summed E-state index contributed by atoms with van der Waals surface area (Å²) in [5.74, 6) is -0.972. The molecule has 0 radical (unpaired) electrons. The van der Waals surface area contributed by atoms with E-state index in [9.17, 15) is 9.59 Å². The number of carbonyl (C=O) groups is 2. The molecule has 0 spiro atoms. The first-order valence-corrected chi connectivity index (χ1v) is 11.8. The number of hydrogen-bond donors (Lipinski definition) is 1. The molecule has 2 aromatic carbocycles. The SMILES string of the molecule is COC(=O)C1=C(C)NC2=C(C(=O)CC(C)(C)C2)C1c1cn(-c2ccccc2)nc1-c1ccccc1. The Morgan fingerprint density at radius 2 is 1.71 bits per heavy atom. The zero-order valence-electron chi connectivity index (χ0n) is 20.5. The molecule has 6 nitrogen and oxygen atoms in total. The lowest BCUT2D eigenvalue weighted by molar-refractivity contribution is -0.136. The number of benzene rings is 2. The highest BCUT2D eigenvalue weighted by Gasteiger charge is 2.44. The van der Waals surface area contributed by atoms with Crippen molar-refractivity contribution in [1.82, 2.24) is 15.1 Å². The Bertz CT molecular complexity index is 1360. The molecule has 1 aromatic heterocycles. The van der Waals surface area contributed by atoms with Crippen LogP contribution in [0.25, 0.3) is 16.9 Å². The molecule has 0 fully saturated rings. The van der Waals surface area contributed by atoms with Gasteiger partial charge in [0.25, 0.3) is 0 Å². The van der Waals surface area contributed by atoms with Crippen LogP contribution in [0, 0.1) is 5.41 Å². The van der Waals surface area contributed by atoms with Crippen LogP contribution in [0.2, 0.25) is 0 Å². The van der Waals surface area contributed by atoms with Crippen molar-refractivity contribution in [2.24, 2.45) is 5.41 Å². The molecule has 5 rings (SSSR count). The number of para-hydroxylation sites is 1. The normalized spacial score (nSPS) is 19.3. The molecule has 1 aliphatic carbocycles. The molecule has 0 amide bonds. The Morgan fingerprint density at radius 3 is 2.37 bits per heavy atom. The molecule has 1 atom stereocenters. The number of methoxy groups -OCH3 is 1. The van der Waals surface area contributed by atoms with E-state index in [1.54, 1.807) is 0 Å². The van der Waals surface area contributed by atoms with E-state index >= 15 is 0 Å². The molecule has 2 heterocycles. The fourth-order valence-corrected chi connectivity index (χ4v) is 5.26. The van der Waals surface area contributed by atoms with Crippen molar-refractivity contribution in [3.05, 3.63) is 95.0 Å². The van der Waals surface area contributed by atoms with Crippen LogP contribution in [-0.4, -0.2) is 28.6 Å². The lowest BCUT2D eigenvalue weighted by atomic mass is 9.68. The van der Waals surface area contributed by atoms with Gasteiger partial charge in [0, 0.05) is 40.7 Å². The second-order valence-corrected chi connectivity index (χ2v) is 10.0. The molecule has 2 aliphatic rings. The number of hydrogen-bond acceptors (Lipinski definition) is 5. The summed E-state index contributed by atoms with van der Waals surface area (Å²) in [4.78, 5) is 26.7. The fourth-order valence-electron chi connectivity index (χ4n) is 5.26. The molecular formula is C29H29N3O3.